The molecule has 0 saturated heterocycles. The SMILES string of the molecule is Cl.NCC(O)c1cnc(-c2ccccc2)nc1-c1ccccc1. The van der Waals surface area contributed by atoms with Gasteiger partial charge in [-0.15, -0.1) is 12.4 Å². The second-order valence-electron chi connectivity index (χ2n) is 4.98. The monoisotopic (exact) mass is 327 g/mol. The van der Waals surface area contributed by atoms with Gasteiger partial charge in [0.2, 0.25) is 0 Å². The van der Waals surface area contributed by atoms with Crippen LogP contribution in [0.3, 0.4) is 0 Å². The van der Waals surface area contributed by atoms with Crippen molar-refractivity contribution < 1.29 is 5.11 Å². The van der Waals surface area contributed by atoms with Crippen LogP contribution in [0.25, 0.3) is 22.6 Å². The van der Waals surface area contributed by atoms with E-state index in [2.05, 4.69) is 9.97 Å². The highest BCUT2D eigenvalue weighted by Gasteiger charge is 2.16. The van der Waals surface area contributed by atoms with E-state index in [1.807, 2.05) is 60.7 Å². The molecule has 118 valence electrons. The number of aromatic nitrogens is 2. The molecule has 1 unspecified atom stereocenters. The van der Waals surface area contributed by atoms with Gasteiger partial charge in [0.15, 0.2) is 5.82 Å². The molecule has 1 atom stereocenters. The summed E-state index contributed by atoms with van der Waals surface area (Å²) in [5, 5.41) is 10.1. The van der Waals surface area contributed by atoms with Gasteiger partial charge in [0.1, 0.15) is 0 Å². The number of nitrogens with two attached hydrogens (primary N) is 1. The lowest BCUT2D eigenvalue weighted by atomic mass is 10.0. The first-order valence-corrected chi connectivity index (χ1v) is 7.15. The Morgan fingerprint density at radius 1 is 0.913 bits per heavy atom. The van der Waals surface area contributed by atoms with Gasteiger partial charge in [-0.25, -0.2) is 9.97 Å². The van der Waals surface area contributed by atoms with Crippen molar-refractivity contribution in [2.75, 3.05) is 6.54 Å². The molecule has 1 heterocycles. The van der Waals surface area contributed by atoms with Crippen molar-refractivity contribution in [1.82, 2.24) is 9.97 Å². The van der Waals surface area contributed by atoms with Crippen molar-refractivity contribution in [3.05, 3.63) is 72.4 Å². The Bertz CT molecular complexity index is 751. The number of benzene rings is 2. The molecule has 4 nitrogen and oxygen atoms in total. The Morgan fingerprint density at radius 3 is 2.04 bits per heavy atom. The summed E-state index contributed by atoms with van der Waals surface area (Å²) in [7, 11) is 0. The van der Waals surface area contributed by atoms with Gasteiger partial charge in [-0.1, -0.05) is 60.7 Å². The van der Waals surface area contributed by atoms with Gasteiger partial charge in [0.05, 0.1) is 11.8 Å². The summed E-state index contributed by atoms with van der Waals surface area (Å²) in [5.74, 6) is 0.632. The van der Waals surface area contributed by atoms with Crippen LogP contribution in [0.2, 0.25) is 0 Å². The molecular weight excluding hydrogens is 310 g/mol. The first kappa shape index (κ1) is 17.1. The van der Waals surface area contributed by atoms with E-state index < -0.39 is 6.10 Å². The molecule has 0 fully saturated rings. The van der Waals surface area contributed by atoms with E-state index in [1.54, 1.807) is 6.20 Å². The maximum atomic E-state index is 10.1. The maximum absolute atomic E-state index is 10.1. The van der Waals surface area contributed by atoms with Crippen LogP contribution in [0, 0.1) is 0 Å². The average Bonchev–Trinajstić information content (AvgIpc) is 2.62. The molecule has 2 aromatic carbocycles. The van der Waals surface area contributed by atoms with Crippen LogP contribution in [0.15, 0.2) is 66.9 Å². The third-order valence-electron chi connectivity index (χ3n) is 3.48. The zero-order valence-electron chi connectivity index (χ0n) is 12.5. The molecule has 3 N–H and O–H groups in total. The van der Waals surface area contributed by atoms with Crippen LogP contribution in [0.4, 0.5) is 0 Å². The highest BCUT2D eigenvalue weighted by Crippen LogP contribution is 2.27. The van der Waals surface area contributed by atoms with Crippen LogP contribution in [0.1, 0.15) is 11.7 Å². The lowest BCUT2D eigenvalue weighted by Gasteiger charge is -2.14. The van der Waals surface area contributed by atoms with E-state index in [0.29, 0.717) is 17.1 Å². The van der Waals surface area contributed by atoms with Gasteiger partial charge in [-0.3, -0.25) is 0 Å². The number of rotatable bonds is 4. The molecule has 0 bridgehead atoms. The summed E-state index contributed by atoms with van der Waals surface area (Å²) in [6.07, 6.45) is 0.884. The Labute approximate surface area is 141 Å². The minimum Gasteiger partial charge on any atom is -0.387 e. The van der Waals surface area contributed by atoms with E-state index in [1.165, 1.54) is 0 Å². The number of aliphatic hydroxyl groups is 1. The second-order valence-corrected chi connectivity index (χ2v) is 4.98. The van der Waals surface area contributed by atoms with Crippen LogP contribution in [-0.4, -0.2) is 21.6 Å². The van der Waals surface area contributed by atoms with Gasteiger partial charge < -0.3 is 10.8 Å². The number of hydrogen-bond acceptors (Lipinski definition) is 4. The molecule has 23 heavy (non-hydrogen) atoms. The number of halogens is 1. The summed E-state index contributed by atoms with van der Waals surface area (Å²) in [4.78, 5) is 9.03. The summed E-state index contributed by atoms with van der Waals surface area (Å²) in [6, 6.07) is 19.5. The molecular formula is C18H18ClN3O. The van der Waals surface area contributed by atoms with Crippen molar-refractivity contribution in [3.63, 3.8) is 0 Å². The van der Waals surface area contributed by atoms with E-state index >= 15 is 0 Å². The summed E-state index contributed by atoms with van der Waals surface area (Å²) >= 11 is 0. The fourth-order valence-corrected chi connectivity index (χ4v) is 2.32. The zero-order valence-corrected chi connectivity index (χ0v) is 13.3. The van der Waals surface area contributed by atoms with Crippen molar-refractivity contribution in [1.29, 1.82) is 0 Å². The first-order chi connectivity index (χ1) is 10.8. The van der Waals surface area contributed by atoms with E-state index in [9.17, 15) is 5.11 Å². The molecule has 0 aliphatic heterocycles. The third kappa shape index (κ3) is 3.74. The molecule has 3 aromatic rings. The normalized spacial score (nSPS) is 11.6. The second kappa shape index (κ2) is 7.83. The van der Waals surface area contributed by atoms with E-state index in [0.717, 1.165) is 11.1 Å². The summed E-state index contributed by atoms with van der Waals surface area (Å²) in [5.41, 5.74) is 8.83. The highest BCUT2D eigenvalue weighted by molar-refractivity contribution is 5.85. The quantitative estimate of drug-likeness (QED) is 0.771. The minimum atomic E-state index is -0.778. The lowest BCUT2D eigenvalue weighted by molar-refractivity contribution is 0.186. The average molecular weight is 328 g/mol. The van der Waals surface area contributed by atoms with Gasteiger partial charge in [0, 0.05) is 29.4 Å². The van der Waals surface area contributed by atoms with Crippen molar-refractivity contribution in [2.45, 2.75) is 6.10 Å². The molecule has 5 heteroatoms. The van der Waals surface area contributed by atoms with Crippen LogP contribution in [0.5, 0.6) is 0 Å². The Hall–Kier alpha value is -2.27. The largest absolute Gasteiger partial charge is 0.387 e. The van der Waals surface area contributed by atoms with Crippen LogP contribution < -0.4 is 5.73 Å². The Morgan fingerprint density at radius 2 is 1.48 bits per heavy atom. The molecule has 1 aromatic heterocycles. The van der Waals surface area contributed by atoms with Gasteiger partial charge in [-0.2, -0.15) is 0 Å². The predicted molar refractivity (Wildman–Crippen MR) is 94.2 cm³/mol. The molecule has 3 rings (SSSR count). The first-order valence-electron chi connectivity index (χ1n) is 7.15. The van der Waals surface area contributed by atoms with Crippen LogP contribution in [-0.2, 0) is 0 Å². The van der Waals surface area contributed by atoms with E-state index in [4.69, 9.17) is 5.73 Å². The smallest absolute Gasteiger partial charge is 0.159 e. The van der Waals surface area contributed by atoms with Gasteiger partial charge >= 0.3 is 0 Å². The maximum Gasteiger partial charge on any atom is 0.159 e. The van der Waals surface area contributed by atoms with Crippen molar-refractivity contribution in [2.24, 2.45) is 5.73 Å². The van der Waals surface area contributed by atoms with Crippen molar-refractivity contribution in [3.8, 4) is 22.6 Å². The third-order valence-corrected chi connectivity index (χ3v) is 3.48. The fourth-order valence-electron chi connectivity index (χ4n) is 2.32. The molecule has 0 amide bonds. The van der Waals surface area contributed by atoms with Gasteiger partial charge in [0.25, 0.3) is 0 Å². The number of hydrogen-bond donors (Lipinski definition) is 2. The molecule has 0 aliphatic carbocycles. The lowest BCUT2D eigenvalue weighted by Crippen LogP contribution is -2.14. The summed E-state index contributed by atoms with van der Waals surface area (Å²) < 4.78 is 0. The number of aliphatic hydroxyl groups excluding tert-OH is 1. The predicted octanol–water partition coefficient (Wildman–Crippen LogP) is 3.22. The Kier molecular flexibility index (Phi) is 5.82. The fraction of sp³-hybridized carbons (Fsp3) is 0.111. The van der Waals surface area contributed by atoms with Crippen LogP contribution >= 0.6 is 12.4 Å². The molecule has 0 spiro atoms. The number of nitrogens with zero attached hydrogens (tertiary/aromatic N) is 2. The molecule has 0 radical (unpaired) electrons. The zero-order chi connectivity index (χ0) is 15.4. The molecule has 0 aliphatic rings. The Balaban J connectivity index is 0.00000192. The standard InChI is InChI=1S/C18H17N3O.ClH/c19-11-16(22)15-12-20-18(14-9-5-2-6-10-14)21-17(15)13-7-3-1-4-8-13;/h1-10,12,16,22H,11,19H2;1H. The highest BCUT2D eigenvalue weighted by atomic mass is 35.5. The minimum absolute atomic E-state index is 0. The van der Waals surface area contributed by atoms with Gasteiger partial charge in [-0.05, 0) is 0 Å². The van der Waals surface area contributed by atoms with E-state index in [-0.39, 0.29) is 19.0 Å². The summed E-state index contributed by atoms with van der Waals surface area (Å²) in [6.45, 7) is 0.133. The van der Waals surface area contributed by atoms with Crippen molar-refractivity contribution >= 4 is 12.4 Å². The molecule has 0 saturated carbocycles. The topological polar surface area (TPSA) is 72.0 Å².